The fourth-order valence-electron chi connectivity index (χ4n) is 2.38. The fraction of sp³-hybridized carbons (Fsp3) is 0.118. The molecule has 0 fully saturated rings. The van der Waals surface area contributed by atoms with Gasteiger partial charge >= 0.3 is 0 Å². The van der Waals surface area contributed by atoms with Crippen LogP contribution in [0.25, 0.3) is 10.6 Å². The SMILES string of the molecule is Cc1cccc(C(=O)Nc2nnc(-c3ccc4c(c3)OCO4)s2)c1. The van der Waals surface area contributed by atoms with E-state index < -0.39 is 0 Å². The molecule has 1 aliphatic rings. The molecule has 7 heteroatoms. The van der Waals surface area contributed by atoms with Gasteiger partial charge in [-0.05, 0) is 37.3 Å². The third-order valence-corrected chi connectivity index (χ3v) is 4.43. The normalized spacial score (nSPS) is 12.2. The maximum atomic E-state index is 12.3. The monoisotopic (exact) mass is 339 g/mol. The van der Waals surface area contributed by atoms with Crippen molar-refractivity contribution in [3.05, 3.63) is 53.6 Å². The second kappa shape index (κ2) is 5.93. The summed E-state index contributed by atoms with van der Waals surface area (Å²) in [7, 11) is 0. The van der Waals surface area contributed by atoms with Gasteiger partial charge in [-0.1, -0.05) is 29.0 Å². The molecule has 0 saturated carbocycles. The predicted octanol–water partition coefficient (Wildman–Crippen LogP) is 3.49. The maximum absolute atomic E-state index is 12.3. The van der Waals surface area contributed by atoms with Crippen LogP contribution in [0.3, 0.4) is 0 Å². The molecule has 1 N–H and O–H groups in total. The molecule has 1 aliphatic heterocycles. The van der Waals surface area contributed by atoms with E-state index in [1.165, 1.54) is 11.3 Å². The second-order valence-electron chi connectivity index (χ2n) is 5.30. The molecule has 3 aromatic rings. The number of ether oxygens (including phenoxy) is 2. The minimum Gasteiger partial charge on any atom is -0.454 e. The smallest absolute Gasteiger partial charge is 0.257 e. The molecule has 120 valence electrons. The Morgan fingerprint density at radius 3 is 2.88 bits per heavy atom. The zero-order valence-electron chi connectivity index (χ0n) is 12.8. The van der Waals surface area contributed by atoms with Gasteiger partial charge in [0.05, 0.1) is 0 Å². The van der Waals surface area contributed by atoms with Crippen LogP contribution < -0.4 is 14.8 Å². The molecule has 1 amide bonds. The number of hydrogen-bond acceptors (Lipinski definition) is 6. The molecule has 1 aromatic heterocycles. The highest BCUT2D eigenvalue weighted by atomic mass is 32.1. The lowest BCUT2D eigenvalue weighted by molar-refractivity contribution is 0.102. The Kier molecular flexibility index (Phi) is 3.62. The topological polar surface area (TPSA) is 73.3 Å². The molecule has 0 bridgehead atoms. The molecule has 6 nitrogen and oxygen atoms in total. The minimum absolute atomic E-state index is 0.202. The number of amides is 1. The zero-order valence-corrected chi connectivity index (χ0v) is 13.6. The molecule has 0 radical (unpaired) electrons. The number of anilines is 1. The number of fused-ring (bicyclic) bond motifs is 1. The van der Waals surface area contributed by atoms with Crippen LogP contribution in [0.15, 0.2) is 42.5 Å². The third kappa shape index (κ3) is 2.81. The molecular formula is C17H13N3O3S. The molecular weight excluding hydrogens is 326 g/mol. The van der Waals surface area contributed by atoms with Crippen molar-refractivity contribution in [2.75, 3.05) is 12.1 Å². The quantitative estimate of drug-likeness (QED) is 0.791. The van der Waals surface area contributed by atoms with Gasteiger partial charge in [-0.25, -0.2) is 0 Å². The van der Waals surface area contributed by atoms with E-state index in [4.69, 9.17) is 9.47 Å². The lowest BCUT2D eigenvalue weighted by atomic mass is 10.1. The number of carbonyl (C=O) groups excluding carboxylic acids is 1. The Labute approximate surface area is 142 Å². The Morgan fingerprint density at radius 1 is 1.12 bits per heavy atom. The maximum Gasteiger partial charge on any atom is 0.257 e. The van der Waals surface area contributed by atoms with Gasteiger partial charge in [0.2, 0.25) is 11.9 Å². The number of aryl methyl sites for hydroxylation is 1. The number of hydrogen-bond donors (Lipinski definition) is 1. The summed E-state index contributed by atoms with van der Waals surface area (Å²) in [4.78, 5) is 12.3. The van der Waals surface area contributed by atoms with Crippen molar-refractivity contribution in [1.82, 2.24) is 10.2 Å². The van der Waals surface area contributed by atoms with Gasteiger partial charge in [-0.2, -0.15) is 0 Å². The highest BCUT2D eigenvalue weighted by Gasteiger charge is 2.16. The van der Waals surface area contributed by atoms with Crippen LogP contribution in [-0.4, -0.2) is 22.9 Å². The predicted molar refractivity (Wildman–Crippen MR) is 90.6 cm³/mol. The Bertz CT molecular complexity index is 923. The number of carbonyl (C=O) groups is 1. The van der Waals surface area contributed by atoms with Crippen molar-refractivity contribution in [2.45, 2.75) is 6.92 Å². The van der Waals surface area contributed by atoms with Gasteiger partial charge in [0.15, 0.2) is 11.5 Å². The number of rotatable bonds is 3. The minimum atomic E-state index is -0.202. The van der Waals surface area contributed by atoms with Crippen LogP contribution in [0.5, 0.6) is 11.5 Å². The second-order valence-corrected chi connectivity index (χ2v) is 6.28. The molecule has 24 heavy (non-hydrogen) atoms. The Morgan fingerprint density at radius 2 is 2.00 bits per heavy atom. The Balaban J connectivity index is 1.53. The van der Waals surface area contributed by atoms with E-state index in [9.17, 15) is 4.79 Å². The number of aromatic nitrogens is 2. The highest BCUT2D eigenvalue weighted by molar-refractivity contribution is 7.18. The molecule has 0 atom stereocenters. The van der Waals surface area contributed by atoms with Gasteiger partial charge < -0.3 is 9.47 Å². The Hall–Kier alpha value is -2.93. The lowest BCUT2D eigenvalue weighted by Crippen LogP contribution is -2.11. The number of nitrogens with one attached hydrogen (secondary N) is 1. The summed E-state index contributed by atoms with van der Waals surface area (Å²) in [5, 5.41) is 12.1. The van der Waals surface area contributed by atoms with Crippen molar-refractivity contribution in [2.24, 2.45) is 0 Å². The standard InChI is InChI=1S/C17H13N3O3S/c1-10-3-2-4-11(7-10)15(21)18-17-20-19-16(24-17)12-5-6-13-14(8-12)23-9-22-13/h2-8H,9H2,1H3,(H,18,20,21). The van der Waals surface area contributed by atoms with Crippen LogP contribution >= 0.6 is 11.3 Å². The first-order valence-electron chi connectivity index (χ1n) is 7.30. The van der Waals surface area contributed by atoms with Crippen LogP contribution in [-0.2, 0) is 0 Å². The van der Waals surface area contributed by atoms with Crippen LogP contribution in [0, 0.1) is 6.92 Å². The molecule has 0 aliphatic carbocycles. The fourth-order valence-corrected chi connectivity index (χ4v) is 3.11. The van der Waals surface area contributed by atoms with Gasteiger partial charge in [-0.15, -0.1) is 10.2 Å². The van der Waals surface area contributed by atoms with Crippen molar-refractivity contribution < 1.29 is 14.3 Å². The summed E-state index contributed by atoms with van der Waals surface area (Å²) in [6.07, 6.45) is 0. The van der Waals surface area contributed by atoms with Crippen molar-refractivity contribution in [3.63, 3.8) is 0 Å². The van der Waals surface area contributed by atoms with E-state index in [1.807, 2.05) is 43.3 Å². The molecule has 2 aromatic carbocycles. The summed E-state index contributed by atoms with van der Waals surface area (Å²) >= 11 is 1.31. The first-order chi connectivity index (χ1) is 11.7. The van der Waals surface area contributed by atoms with E-state index in [-0.39, 0.29) is 12.7 Å². The summed E-state index contributed by atoms with van der Waals surface area (Å²) in [5.74, 6) is 1.20. The molecule has 2 heterocycles. The van der Waals surface area contributed by atoms with E-state index in [1.54, 1.807) is 6.07 Å². The summed E-state index contributed by atoms with van der Waals surface area (Å²) in [6.45, 7) is 2.17. The zero-order chi connectivity index (χ0) is 16.5. The molecule has 0 saturated heterocycles. The van der Waals surface area contributed by atoms with Crippen molar-refractivity contribution in [3.8, 4) is 22.1 Å². The molecule has 0 unspecified atom stereocenters. The summed E-state index contributed by atoms with van der Waals surface area (Å²) in [5.41, 5.74) is 2.49. The van der Waals surface area contributed by atoms with E-state index >= 15 is 0 Å². The lowest BCUT2D eigenvalue weighted by Gasteiger charge is -2.01. The van der Waals surface area contributed by atoms with Crippen molar-refractivity contribution in [1.29, 1.82) is 0 Å². The largest absolute Gasteiger partial charge is 0.454 e. The van der Waals surface area contributed by atoms with Gasteiger partial charge in [0.1, 0.15) is 5.01 Å². The average molecular weight is 339 g/mol. The van der Waals surface area contributed by atoms with E-state index in [0.717, 1.165) is 16.9 Å². The summed E-state index contributed by atoms with van der Waals surface area (Å²) in [6, 6.07) is 13.0. The van der Waals surface area contributed by atoms with E-state index in [2.05, 4.69) is 15.5 Å². The summed E-state index contributed by atoms with van der Waals surface area (Å²) < 4.78 is 10.7. The highest BCUT2D eigenvalue weighted by Crippen LogP contribution is 2.37. The van der Waals surface area contributed by atoms with Gasteiger partial charge in [-0.3, -0.25) is 10.1 Å². The molecule has 4 rings (SSSR count). The number of nitrogens with zero attached hydrogens (tertiary/aromatic N) is 2. The van der Waals surface area contributed by atoms with Crippen LogP contribution in [0.4, 0.5) is 5.13 Å². The number of benzene rings is 2. The van der Waals surface area contributed by atoms with Gasteiger partial charge in [0, 0.05) is 11.1 Å². The van der Waals surface area contributed by atoms with Crippen LogP contribution in [0.1, 0.15) is 15.9 Å². The van der Waals surface area contributed by atoms with Gasteiger partial charge in [0.25, 0.3) is 5.91 Å². The van der Waals surface area contributed by atoms with E-state index in [0.29, 0.717) is 21.5 Å². The van der Waals surface area contributed by atoms with Crippen molar-refractivity contribution >= 4 is 22.4 Å². The first-order valence-corrected chi connectivity index (χ1v) is 8.12. The average Bonchev–Trinajstić information content (AvgIpc) is 3.23. The molecule has 0 spiro atoms. The van der Waals surface area contributed by atoms with Crippen LogP contribution in [0.2, 0.25) is 0 Å². The first kappa shape index (κ1) is 14.6. The third-order valence-electron chi connectivity index (χ3n) is 3.55.